The third-order valence-corrected chi connectivity index (χ3v) is 7.29. The Kier molecular flexibility index (Phi) is 6.19. The number of aromatic carboxylic acids is 1. The maximum Gasteiger partial charge on any atom is 0.335 e. The fourth-order valence-corrected chi connectivity index (χ4v) is 5.51. The van der Waals surface area contributed by atoms with Gasteiger partial charge < -0.3 is 14.6 Å². The third kappa shape index (κ3) is 4.49. The fraction of sp³-hybridized carbons (Fsp3) is 0.188. The topological polar surface area (TPSA) is 58.4 Å². The van der Waals surface area contributed by atoms with Gasteiger partial charge in [0.2, 0.25) is 0 Å². The summed E-state index contributed by atoms with van der Waals surface area (Å²) in [6.45, 7) is 0. The first-order valence-corrected chi connectivity index (χ1v) is 12.9. The highest BCUT2D eigenvalue weighted by molar-refractivity contribution is 5.93. The van der Waals surface area contributed by atoms with E-state index in [2.05, 4.69) is 82.3 Å². The minimum Gasteiger partial charge on any atom is -0.478 e. The van der Waals surface area contributed by atoms with Gasteiger partial charge in [0.1, 0.15) is 5.82 Å². The Morgan fingerprint density at radius 2 is 1.35 bits per heavy atom. The van der Waals surface area contributed by atoms with Crippen LogP contribution in [0.5, 0.6) is 0 Å². The van der Waals surface area contributed by atoms with E-state index in [4.69, 9.17) is 4.98 Å². The number of nitrogens with zero attached hydrogens (tertiary/aromatic N) is 3. The minimum absolute atomic E-state index is 0.268. The lowest BCUT2D eigenvalue weighted by molar-refractivity contribution is 0.0697. The molecular formula is C32H29N3O2. The number of aromatic nitrogens is 2. The van der Waals surface area contributed by atoms with Crippen LogP contribution in [-0.2, 0) is 0 Å². The number of para-hydroxylation sites is 2. The van der Waals surface area contributed by atoms with Crippen LogP contribution >= 0.6 is 0 Å². The number of hydrogen-bond donors (Lipinski definition) is 1. The quantitative estimate of drug-likeness (QED) is 0.261. The van der Waals surface area contributed by atoms with E-state index >= 15 is 0 Å². The van der Waals surface area contributed by atoms with E-state index in [0.29, 0.717) is 6.04 Å². The van der Waals surface area contributed by atoms with Gasteiger partial charge in [0.25, 0.3) is 0 Å². The standard InChI is InChI=1S/C32H29N3O2/c36-32(37)24-18-21-30-29(22-24)33-31(35(30)27-14-8-3-9-15-27)23-16-19-28(20-17-23)34(25-10-4-1-5-11-25)26-12-6-2-7-13-26/h1-2,4-7,10-13,16-22,27H,3,8-9,14-15H2,(H,36,37). The van der Waals surface area contributed by atoms with Gasteiger partial charge in [0, 0.05) is 28.7 Å². The van der Waals surface area contributed by atoms with Crippen LogP contribution in [0, 0.1) is 0 Å². The molecule has 0 unspecified atom stereocenters. The van der Waals surface area contributed by atoms with Crippen molar-refractivity contribution < 1.29 is 9.90 Å². The first kappa shape index (κ1) is 23.0. The number of anilines is 3. The van der Waals surface area contributed by atoms with E-state index in [-0.39, 0.29) is 5.56 Å². The maximum absolute atomic E-state index is 11.6. The van der Waals surface area contributed by atoms with Crippen LogP contribution in [0.2, 0.25) is 0 Å². The molecule has 0 bridgehead atoms. The molecule has 0 amide bonds. The van der Waals surface area contributed by atoms with Crippen molar-refractivity contribution in [1.29, 1.82) is 0 Å². The first-order valence-electron chi connectivity index (χ1n) is 12.9. The van der Waals surface area contributed by atoms with Crippen molar-refractivity contribution in [2.24, 2.45) is 0 Å². The highest BCUT2D eigenvalue weighted by atomic mass is 16.4. The second-order valence-corrected chi connectivity index (χ2v) is 9.66. The van der Waals surface area contributed by atoms with Crippen LogP contribution in [-0.4, -0.2) is 20.6 Å². The molecule has 0 radical (unpaired) electrons. The Morgan fingerprint density at radius 3 is 1.95 bits per heavy atom. The smallest absolute Gasteiger partial charge is 0.335 e. The third-order valence-electron chi connectivity index (χ3n) is 7.29. The van der Waals surface area contributed by atoms with Crippen molar-refractivity contribution >= 4 is 34.1 Å². The van der Waals surface area contributed by atoms with Crippen LogP contribution in [0.4, 0.5) is 17.1 Å². The average molecular weight is 488 g/mol. The van der Waals surface area contributed by atoms with Gasteiger partial charge in [0.05, 0.1) is 16.6 Å². The monoisotopic (exact) mass is 487 g/mol. The molecule has 0 aliphatic heterocycles. The highest BCUT2D eigenvalue weighted by Gasteiger charge is 2.23. The van der Waals surface area contributed by atoms with Crippen LogP contribution in [0.15, 0.2) is 103 Å². The molecule has 1 aliphatic rings. The molecule has 1 saturated carbocycles. The number of imidazole rings is 1. The Hall–Kier alpha value is -4.38. The van der Waals surface area contributed by atoms with Gasteiger partial charge in [-0.1, -0.05) is 55.7 Å². The number of carboxylic acids is 1. The van der Waals surface area contributed by atoms with E-state index in [9.17, 15) is 9.90 Å². The summed E-state index contributed by atoms with van der Waals surface area (Å²) in [5.74, 6) is -0.0242. The van der Waals surface area contributed by atoms with Gasteiger partial charge in [-0.25, -0.2) is 9.78 Å². The van der Waals surface area contributed by atoms with Crippen LogP contribution in [0.3, 0.4) is 0 Å². The normalized spacial score (nSPS) is 14.1. The van der Waals surface area contributed by atoms with Crippen molar-refractivity contribution in [3.8, 4) is 11.4 Å². The van der Waals surface area contributed by atoms with Crippen molar-refractivity contribution in [1.82, 2.24) is 9.55 Å². The lowest BCUT2D eigenvalue weighted by Gasteiger charge is -2.27. The Labute approximate surface area is 216 Å². The summed E-state index contributed by atoms with van der Waals surface area (Å²) in [6, 6.07) is 35.0. The van der Waals surface area contributed by atoms with Gasteiger partial charge >= 0.3 is 5.97 Å². The van der Waals surface area contributed by atoms with E-state index in [1.54, 1.807) is 12.1 Å². The predicted octanol–water partition coefficient (Wildman–Crippen LogP) is 8.38. The van der Waals surface area contributed by atoms with Gasteiger partial charge in [0.15, 0.2) is 0 Å². The van der Waals surface area contributed by atoms with E-state index in [1.807, 2.05) is 18.2 Å². The Bertz CT molecular complexity index is 1480. The van der Waals surface area contributed by atoms with Crippen LogP contribution in [0.1, 0.15) is 48.5 Å². The molecule has 1 aromatic heterocycles. The number of carbonyl (C=O) groups is 1. The molecule has 37 heavy (non-hydrogen) atoms. The van der Waals surface area contributed by atoms with Crippen molar-refractivity contribution in [2.45, 2.75) is 38.1 Å². The largest absolute Gasteiger partial charge is 0.478 e. The zero-order valence-electron chi connectivity index (χ0n) is 20.6. The first-order chi connectivity index (χ1) is 18.2. The van der Waals surface area contributed by atoms with Crippen molar-refractivity contribution in [3.63, 3.8) is 0 Å². The molecule has 4 aromatic carbocycles. The SMILES string of the molecule is O=C(O)c1ccc2c(c1)nc(-c1ccc(N(c3ccccc3)c3ccccc3)cc1)n2C1CCCCC1. The molecule has 5 aromatic rings. The molecule has 1 N–H and O–H groups in total. The minimum atomic E-state index is -0.929. The predicted molar refractivity (Wildman–Crippen MR) is 149 cm³/mol. The number of carboxylic acid groups (broad SMARTS) is 1. The van der Waals surface area contributed by atoms with Crippen LogP contribution in [0.25, 0.3) is 22.4 Å². The van der Waals surface area contributed by atoms with Crippen molar-refractivity contribution in [2.75, 3.05) is 4.90 Å². The summed E-state index contributed by atoms with van der Waals surface area (Å²) in [6.07, 6.45) is 5.92. The molecule has 0 saturated heterocycles. The van der Waals surface area contributed by atoms with Gasteiger partial charge in [-0.3, -0.25) is 0 Å². The summed E-state index contributed by atoms with van der Waals surface area (Å²) in [7, 11) is 0. The summed E-state index contributed by atoms with van der Waals surface area (Å²) < 4.78 is 2.35. The highest BCUT2D eigenvalue weighted by Crippen LogP contribution is 2.38. The van der Waals surface area contributed by atoms with E-state index in [0.717, 1.165) is 52.3 Å². The summed E-state index contributed by atoms with van der Waals surface area (Å²) in [5, 5.41) is 9.52. The number of rotatable bonds is 6. The zero-order chi connectivity index (χ0) is 25.2. The average Bonchev–Trinajstić information content (AvgIpc) is 3.34. The van der Waals surface area contributed by atoms with Gasteiger partial charge in [-0.2, -0.15) is 0 Å². The molecular weight excluding hydrogens is 458 g/mol. The molecule has 1 heterocycles. The number of fused-ring (bicyclic) bond motifs is 1. The fourth-order valence-electron chi connectivity index (χ4n) is 5.51. The zero-order valence-corrected chi connectivity index (χ0v) is 20.6. The summed E-state index contributed by atoms with van der Waals surface area (Å²) in [5.41, 5.74) is 6.29. The molecule has 0 spiro atoms. The summed E-state index contributed by atoms with van der Waals surface area (Å²) >= 11 is 0. The molecule has 1 fully saturated rings. The van der Waals surface area contributed by atoms with E-state index in [1.165, 1.54) is 19.3 Å². The van der Waals surface area contributed by atoms with E-state index < -0.39 is 5.97 Å². The molecule has 5 nitrogen and oxygen atoms in total. The second-order valence-electron chi connectivity index (χ2n) is 9.66. The second kappa shape index (κ2) is 9.94. The molecule has 6 rings (SSSR count). The van der Waals surface area contributed by atoms with Crippen molar-refractivity contribution in [3.05, 3.63) is 109 Å². The maximum atomic E-state index is 11.6. The molecule has 0 atom stereocenters. The number of benzene rings is 4. The Balaban J connectivity index is 1.44. The lowest BCUT2D eigenvalue weighted by atomic mass is 9.94. The van der Waals surface area contributed by atoms with Crippen LogP contribution < -0.4 is 4.90 Å². The molecule has 1 aliphatic carbocycles. The lowest BCUT2D eigenvalue weighted by Crippen LogP contribution is -2.14. The number of hydrogen-bond acceptors (Lipinski definition) is 3. The molecule has 5 heteroatoms. The Morgan fingerprint density at radius 1 is 0.757 bits per heavy atom. The van der Waals surface area contributed by atoms with Gasteiger partial charge in [-0.05, 0) is 79.6 Å². The molecule has 184 valence electrons. The summed E-state index contributed by atoms with van der Waals surface area (Å²) in [4.78, 5) is 18.8. The van der Waals surface area contributed by atoms with Gasteiger partial charge in [-0.15, -0.1) is 0 Å².